The van der Waals surface area contributed by atoms with Crippen molar-refractivity contribution in [1.82, 2.24) is 24.9 Å². The molecule has 15 rings (SSSR count). The van der Waals surface area contributed by atoms with E-state index in [0.717, 1.165) is 66.8 Å². The molecule has 0 bridgehead atoms. The van der Waals surface area contributed by atoms with Gasteiger partial charge in [0.2, 0.25) is 5.91 Å². The van der Waals surface area contributed by atoms with Gasteiger partial charge in [0.25, 0.3) is 50.1 Å². The maximum absolute atomic E-state index is 12.6. The van der Waals surface area contributed by atoms with Gasteiger partial charge >= 0.3 is 6.09 Å². The summed E-state index contributed by atoms with van der Waals surface area (Å²) in [6.07, 6.45) is 21.5. The molecule has 0 radical (unpaired) electrons. The van der Waals surface area contributed by atoms with Crippen LogP contribution >= 0.6 is 0 Å². The number of nitrogens with two attached hydrogens (primary N) is 1. The third kappa shape index (κ3) is 32.7. The number of aryl methyl sites for hydroxylation is 7. The van der Waals surface area contributed by atoms with Gasteiger partial charge in [-0.15, -0.1) is 0 Å². The molecule has 5 aromatic heterocycles. The lowest BCUT2D eigenvalue weighted by Crippen LogP contribution is -2.27. The Morgan fingerprint density at radius 1 is 0.310 bits per heavy atom. The van der Waals surface area contributed by atoms with E-state index in [1.807, 2.05) is 76.3 Å². The number of ether oxygens (including phenoxy) is 1. The van der Waals surface area contributed by atoms with Crippen LogP contribution in [0.1, 0.15) is 122 Å². The summed E-state index contributed by atoms with van der Waals surface area (Å²) >= 11 is 0. The van der Waals surface area contributed by atoms with Crippen molar-refractivity contribution < 1.29 is 81.9 Å². The van der Waals surface area contributed by atoms with E-state index in [4.69, 9.17) is 10.5 Å². The van der Waals surface area contributed by atoms with Crippen molar-refractivity contribution in [2.45, 2.75) is 106 Å². The Bertz CT molecular complexity index is 7910. The number of hydrogen-bond donors (Lipinski definition) is 13. The van der Waals surface area contributed by atoms with Crippen LogP contribution in [0, 0.1) is 60.3 Å². The third-order valence-electron chi connectivity index (χ3n) is 20.7. The summed E-state index contributed by atoms with van der Waals surface area (Å²) in [5.41, 5.74) is 19.6. The molecule has 744 valence electrons. The number of aromatic nitrogens is 5. The van der Waals surface area contributed by atoms with Gasteiger partial charge in [-0.3, -0.25) is 33.7 Å². The molecule has 0 aliphatic carbocycles. The molecule has 0 saturated carbocycles. The zero-order valence-electron chi connectivity index (χ0n) is 80.4. The number of phenols is 5. The normalized spacial score (nSPS) is 11.5. The largest absolute Gasteiger partial charge is 0.508 e. The molecule has 0 aliphatic rings. The minimum absolute atomic E-state index is 0.0400. The summed E-state index contributed by atoms with van der Waals surface area (Å²) in [7, 11) is -18.6. The second-order valence-corrected chi connectivity index (χ2v) is 41.9. The van der Waals surface area contributed by atoms with E-state index >= 15 is 0 Å². The fourth-order valence-electron chi connectivity index (χ4n) is 13.3. The molecule has 14 N–H and O–H groups in total. The van der Waals surface area contributed by atoms with Gasteiger partial charge in [0.05, 0.1) is 35.9 Å². The van der Waals surface area contributed by atoms with Gasteiger partial charge < -0.3 is 41.3 Å². The summed E-state index contributed by atoms with van der Waals surface area (Å²) in [6, 6.07) is 74.1. The smallest absolute Gasteiger partial charge is 0.412 e. The zero-order chi connectivity index (χ0) is 105. The van der Waals surface area contributed by atoms with Crippen LogP contribution in [0.15, 0.2) is 328 Å². The maximum Gasteiger partial charge on any atom is 0.412 e. The van der Waals surface area contributed by atoms with Crippen molar-refractivity contribution in [3.63, 3.8) is 0 Å². The minimum Gasteiger partial charge on any atom is -0.508 e. The summed E-state index contributed by atoms with van der Waals surface area (Å²) in [6.45, 7) is 19.3. The number of carbonyl (C=O) groups is 2. The van der Waals surface area contributed by atoms with E-state index in [-0.39, 0.29) is 82.5 Å². The van der Waals surface area contributed by atoms with Crippen LogP contribution in [0.25, 0.3) is 48.6 Å². The first-order valence-corrected chi connectivity index (χ1v) is 51.7. The fourth-order valence-corrected chi connectivity index (χ4v) is 18.3. The number of nitrogens with one attached hydrogen (secondary N) is 7. The van der Waals surface area contributed by atoms with E-state index in [1.165, 1.54) is 105 Å². The second kappa shape index (κ2) is 48.8. The van der Waals surface area contributed by atoms with Crippen molar-refractivity contribution in [3.05, 3.63) is 399 Å². The van der Waals surface area contributed by atoms with Crippen LogP contribution < -0.4 is 40.0 Å². The van der Waals surface area contributed by atoms with Gasteiger partial charge in [-0.1, -0.05) is 139 Å². The van der Waals surface area contributed by atoms with Gasteiger partial charge in [-0.25, -0.2) is 71.8 Å². The van der Waals surface area contributed by atoms with Gasteiger partial charge in [-0.05, 0) is 329 Å². The first kappa shape index (κ1) is 108. The molecule has 5 heterocycles. The average Bonchev–Trinajstić information content (AvgIpc) is 0.839. The molecular formula is C109H105N13O18S5. The summed E-state index contributed by atoms with van der Waals surface area (Å²) in [4.78, 5) is 44.1. The standard InChI is InChI=1S/C25H27N3O5S.C22H21N3O4S.C21H20N2O3S.C21H18N2O3S.C20H19N3O3S/c1-17-15-19(21(16-22(17)29)27-24(30)33-25(2,3)4)11-8-18-9-12-20(13-10-18)34(31,32)28-23-7-5-6-14-26-23;1-15-13-18(20(14-21(15)27)24-16(2)26)9-6-17-7-10-19(11-8-17)30(28,29)25-22-5-3-4-12-23-22;2*1-15-13-18(14-16(2)21(15)24)7-6-17-8-10-19(11-9-17)27(25,26)23-20-5-3-4-12-22-20;1-14-12-16(18(21)13-19(14)24)8-5-15-6-9-17(10-7-15)27(25,26)23-20-4-2-3-11-22-20/h5-16,29H,1-4H3,(H,26,28)(H,27,30);3-14,27H,1-2H3,(H,23,25)(H,24,26);3-14,24H,1-2H3,(H,22,23);3-5,8-14,24H,1-2H3,(H,22,23);2-13,24H,21H2,1H3,(H,22,23)/b11-8+;9-6+;7-6+;;8-5+. The van der Waals surface area contributed by atoms with Crippen LogP contribution in [0.3, 0.4) is 0 Å². The number of nitrogen functional groups attached to an aromatic ring is 1. The Hall–Kier alpha value is -17.2. The van der Waals surface area contributed by atoms with Gasteiger partial charge in [-0.2, -0.15) is 0 Å². The van der Waals surface area contributed by atoms with Crippen LogP contribution in [-0.2, 0) is 59.6 Å². The Morgan fingerprint density at radius 3 is 0.869 bits per heavy atom. The molecule has 0 unspecified atom stereocenters. The number of sulfonamides is 5. The lowest BCUT2D eigenvalue weighted by atomic mass is 10.0. The number of benzene rings is 10. The molecule has 0 spiro atoms. The predicted molar refractivity (Wildman–Crippen MR) is 571 cm³/mol. The Morgan fingerprint density at radius 2 is 0.572 bits per heavy atom. The van der Waals surface area contributed by atoms with Crippen molar-refractivity contribution in [3.8, 4) is 40.6 Å². The molecule has 10 aromatic carbocycles. The monoisotopic (exact) mass is 2040 g/mol. The third-order valence-corrected chi connectivity index (χ3v) is 27.6. The van der Waals surface area contributed by atoms with Gasteiger partial charge in [0.1, 0.15) is 63.4 Å². The number of rotatable bonds is 25. The second-order valence-electron chi connectivity index (χ2n) is 33.5. The van der Waals surface area contributed by atoms with E-state index in [0.29, 0.717) is 50.6 Å². The number of amides is 2. The molecule has 0 fully saturated rings. The number of aromatic hydroxyl groups is 5. The molecule has 15 aromatic rings. The predicted octanol–water partition coefficient (Wildman–Crippen LogP) is 21.1. The summed E-state index contributed by atoms with van der Waals surface area (Å²) in [5, 5.41) is 54.6. The van der Waals surface area contributed by atoms with Crippen LogP contribution in [-0.4, -0.2) is 110 Å². The summed E-state index contributed by atoms with van der Waals surface area (Å²) in [5.74, 6) is 7.94. The number of anilines is 8. The lowest BCUT2D eigenvalue weighted by molar-refractivity contribution is -0.114. The molecule has 36 heteroatoms. The fraction of sp³-hybridized carbons (Fsp3) is 0.110. The number of carbonyl (C=O) groups excluding carboxylic acids is 2. The van der Waals surface area contributed by atoms with E-state index in [1.54, 1.807) is 248 Å². The van der Waals surface area contributed by atoms with E-state index < -0.39 is 61.8 Å². The average molecular weight is 2050 g/mol. The highest BCUT2D eigenvalue weighted by Crippen LogP contribution is 2.34. The maximum atomic E-state index is 12.6. The molecule has 0 aliphatic heterocycles. The first-order chi connectivity index (χ1) is 68.7. The number of hydrogen-bond acceptors (Lipinski definition) is 24. The van der Waals surface area contributed by atoms with Crippen LogP contribution in [0.5, 0.6) is 28.7 Å². The Balaban J connectivity index is 0.000000173. The Kier molecular flexibility index (Phi) is 36.4. The highest BCUT2D eigenvalue weighted by Gasteiger charge is 2.23. The van der Waals surface area contributed by atoms with Crippen molar-refractivity contribution >= 4 is 157 Å². The Labute approximate surface area is 843 Å². The zero-order valence-corrected chi connectivity index (χ0v) is 84.5. The van der Waals surface area contributed by atoms with Gasteiger partial charge in [0.15, 0.2) is 0 Å². The summed E-state index contributed by atoms with van der Waals surface area (Å²) < 4.78 is 142. The lowest BCUT2D eigenvalue weighted by Gasteiger charge is -2.20. The minimum atomic E-state index is -3.77. The quantitative estimate of drug-likeness (QED) is 0.0144. The molecule has 0 saturated heterocycles. The van der Waals surface area contributed by atoms with Crippen molar-refractivity contribution in [2.75, 3.05) is 40.0 Å². The molecule has 2 amide bonds. The molecular weight excluding hydrogens is 1940 g/mol. The SMILES string of the molecule is CC(=O)Nc1cc(O)c(C)cc1/C=C/c1ccc(S(=O)(=O)Nc2ccccn2)cc1.Cc1cc(/C=C/c2ccc(S(=O)(=O)Nc3ccccn3)cc2)c(N)cc1O.Cc1cc(/C=C/c2ccc(S(=O)(=O)Nc3ccccn3)cc2)c(NC(=O)OC(C)(C)C)cc1O.Cc1cc(/C=C/c2ccc(S(=O)(=O)Nc3ccccn3)cc2)cc(C)c1O.Cc1cc(C#Cc2ccc(S(=O)(=O)Nc3ccccn3)cc2)cc(C)c1O. The van der Waals surface area contributed by atoms with Gasteiger partial charge in [0, 0.05) is 72.9 Å². The van der Waals surface area contributed by atoms with Crippen molar-refractivity contribution in [1.29, 1.82) is 0 Å². The topological polar surface area (TPSA) is 490 Å². The number of nitrogens with zero attached hydrogens (tertiary/aromatic N) is 5. The van der Waals surface area contributed by atoms with Crippen LogP contribution in [0.2, 0.25) is 0 Å². The molecule has 145 heavy (non-hydrogen) atoms. The highest BCUT2D eigenvalue weighted by atomic mass is 32.2. The van der Waals surface area contributed by atoms with Crippen LogP contribution in [0.4, 0.5) is 50.9 Å². The molecule has 0 atom stereocenters. The number of pyridine rings is 5. The van der Waals surface area contributed by atoms with E-state index in [2.05, 4.69) is 71.0 Å². The first-order valence-electron chi connectivity index (χ1n) is 44.3. The highest BCUT2D eigenvalue weighted by molar-refractivity contribution is 7.94. The number of phenolic OH excluding ortho intramolecular Hbond substituents is 5. The van der Waals surface area contributed by atoms with E-state index in [9.17, 15) is 77.2 Å². The van der Waals surface area contributed by atoms with Crippen molar-refractivity contribution in [2.24, 2.45) is 0 Å². The molecule has 31 nitrogen and oxygen atoms in total.